The zero-order valence-corrected chi connectivity index (χ0v) is 12.6. The van der Waals surface area contributed by atoms with Crippen LogP contribution in [-0.2, 0) is 0 Å². The Balaban J connectivity index is 2.14. The van der Waals surface area contributed by atoms with Crippen LogP contribution in [0.5, 0.6) is 0 Å². The van der Waals surface area contributed by atoms with Crippen molar-refractivity contribution in [3.63, 3.8) is 0 Å². The maximum Gasteiger partial charge on any atom is 0.252 e. The van der Waals surface area contributed by atoms with Gasteiger partial charge in [0, 0.05) is 10.3 Å². The Labute approximate surface area is 118 Å². The molecule has 0 aliphatic rings. The highest BCUT2D eigenvalue weighted by molar-refractivity contribution is 7.10. The molecule has 2 aromatic rings. The highest BCUT2D eigenvalue weighted by Crippen LogP contribution is 2.20. The Morgan fingerprint density at radius 2 is 1.95 bits per heavy atom. The SMILES string of the molecule is Cc1ccc(C)c([C@H](C)NC(=O)c2csc(C)c2)c1. The van der Waals surface area contributed by atoms with Crippen molar-refractivity contribution in [1.29, 1.82) is 0 Å². The molecule has 1 aromatic heterocycles. The van der Waals surface area contributed by atoms with Crippen molar-refractivity contribution in [3.8, 4) is 0 Å². The number of benzene rings is 1. The second kappa shape index (κ2) is 5.57. The average Bonchev–Trinajstić information content (AvgIpc) is 2.79. The Bertz CT molecular complexity index is 601. The molecule has 19 heavy (non-hydrogen) atoms. The van der Waals surface area contributed by atoms with Crippen LogP contribution in [0.15, 0.2) is 29.6 Å². The summed E-state index contributed by atoms with van der Waals surface area (Å²) in [4.78, 5) is 13.3. The Morgan fingerprint density at radius 1 is 1.21 bits per heavy atom. The first-order chi connectivity index (χ1) is 8.97. The lowest BCUT2D eigenvalue weighted by molar-refractivity contribution is 0.0940. The third-order valence-electron chi connectivity index (χ3n) is 3.24. The van der Waals surface area contributed by atoms with Crippen LogP contribution in [0.1, 0.15) is 44.9 Å². The minimum absolute atomic E-state index is 0.00208. The van der Waals surface area contributed by atoms with E-state index in [2.05, 4.69) is 37.4 Å². The lowest BCUT2D eigenvalue weighted by Crippen LogP contribution is -2.26. The molecule has 1 heterocycles. The summed E-state index contributed by atoms with van der Waals surface area (Å²) in [5.74, 6) is -0.00208. The van der Waals surface area contributed by atoms with Crippen molar-refractivity contribution in [1.82, 2.24) is 5.32 Å². The fraction of sp³-hybridized carbons (Fsp3) is 0.312. The molecule has 1 N–H and O–H groups in total. The van der Waals surface area contributed by atoms with Gasteiger partial charge in [0.25, 0.3) is 5.91 Å². The molecule has 0 saturated carbocycles. The molecule has 0 bridgehead atoms. The van der Waals surface area contributed by atoms with Gasteiger partial charge in [-0.25, -0.2) is 0 Å². The van der Waals surface area contributed by atoms with Crippen molar-refractivity contribution >= 4 is 17.2 Å². The first-order valence-corrected chi connectivity index (χ1v) is 7.28. The lowest BCUT2D eigenvalue weighted by atomic mass is 10.00. The zero-order valence-electron chi connectivity index (χ0n) is 11.8. The number of hydrogen-bond acceptors (Lipinski definition) is 2. The molecule has 100 valence electrons. The maximum atomic E-state index is 12.1. The molecule has 1 amide bonds. The lowest BCUT2D eigenvalue weighted by Gasteiger charge is -2.17. The largest absolute Gasteiger partial charge is 0.345 e. The standard InChI is InChI=1S/C16H19NOS/c1-10-5-6-11(2)15(7-10)13(4)17-16(18)14-8-12(3)19-9-14/h5-9,13H,1-4H3,(H,17,18)/t13-/m0/s1. The third-order valence-corrected chi connectivity index (χ3v) is 4.10. The summed E-state index contributed by atoms with van der Waals surface area (Å²) in [6.07, 6.45) is 0. The predicted molar refractivity (Wildman–Crippen MR) is 80.9 cm³/mol. The van der Waals surface area contributed by atoms with Gasteiger partial charge in [-0.15, -0.1) is 11.3 Å². The second-order valence-corrected chi connectivity index (χ2v) is 6.12. The first kappa shape index (κ1) is 13.8. The predicted octanol–water partition coefficient (Wildman–Crippen LogP) is 4.16. The Morgan fingerprint density at radius 3 is 2.58 bits per heavy atom. The van der Waals surface area contributed by atoms with Crippen molar-refractivity contribution in [3.05, 3.63) is 56.8 Å². The van der Waals surface area contributed by atoms with Crippen LogP contribution in [-0.4, -0.2) is 5.91 Å². The first-order valence-electron chi connectivity index (χ1n) is 6.40. The number of thiophene rings is 1. The van der Waals surface area contributed by atoms with Crippen molar-refractivity contribution in [2.45, 2.75) is 33.7 Å². The fourth-order valence-electron chi connectivity index (χ4n) is 2.15. The van der Waals surface area contributed by atoms with Gasteiger partial charge in [-0.2, -0.15) is 0 Å². The molecule has 0 spiro atoms. The Kier molecular flexibility index (Phi) is 4.05. The summed E-state index contributed by atoms with van der Waals surface area (Å²) in [5, 5.41) is 4.96. The van der Waals surface area contributed by atoms with E-state index in [4.69, 9.17) is 0 Å². The number of nitrogens with one attached hydrogen (secondary N) is 1. The molecule has 2 nitrogen and oxygen atoms in total. The van der Waals surface area contributed by atoms with Gasteiger partial charge in [0.2, 0.25) is 0 Å². The van der Waals surface area contributed by atoms with Gasteiger partial charge < -0.3 is 5.32 Å². The number of carbonyl (C=O) groups is 1. The van der Waals surface area contributed by atoms with Crippen molar-refractivity contribution in [2.75, 3.05) is 0 Å². The molecule has 0 unspecified atom stereocenters. The van der Waals surface area contributed by atoms with E-state index < -0.39 is 0 Å². The molecule has 1 aromatic carbocycles. The molecule has 2 rings (SSSR count). The van der Waals surface area contributed by atoms with Gasteiger partial charge in [-0.05, 0) is 44.9 Å². The normalized spacial score (nSPS) is 12.2. The molecular formula is C16H19NOS. The topological polar surface area (TPSA) is 29.1 Å². The highest BCUT2D eigenvalue weighted by atomic mass is 32.1. The maximum absolute atomic E-state index is 12.1. The van der Waals surface area contributed by atoms with Gasteiger partial charge in [0.05, 0.1) is 11.6 Å². The summed E-state index contributed by atoms with van der Waals surface area (Å²) in [7, 11) is 0. The van der Waals surface area contributed by atoms with E-state index in [1.165, 1.54) is 16.7 Å². The van der Waals surface area contributed by atoms with Gasteiger partial charge in [-0.1, -0.05) is 23.8 Å². The summed E-state index contributed by atoms with van der Waals surface area (Å²) < 4.78 is 0. The van der Waals surface area contributed by atoms with E-state index in [1.807, 2.05) is 25.3 Å². The van der Waals surface area contributed by atoms with Gasteiger partial charge in [0.1, 0.15) is 0 Å². The van der Waals surface area contributed by atoms with Crippen LogP contribution in [0.4, 0.5) is 0 Å². The van der Waals surface area contributed by atoms with Crippen LogP contribution >= 0.6 is 11.3 Å². The smallest absolute Gasteiger partial charge is 0.252 e. The van der Waals surface area contributed by atoms with E-state index in [-0.39, 0.29) is 11.9 Å². The van der Waals surface area contributed by atoms with E-state index in [9.17, 15) is 4.79 Å². The van der Waals surface area contributed by atoms with Crippen molar-refractivity contribution in [2.24, 2.45) is 0 Å². The minimum Gasteiger partial charge on any atom is -0.345 e. The third kappa shape index (κ3) is 3.24. The monoisotopic (exact) mass is 273 g/mol. The Hall–Kier alpha value is -1.61. The van der Waals surface area contributed by atoms with E-state index in [0.29, 0.717) is 0 Å². The number of carbonyl (C=O) groups excluding carboxylic acids is 1. The number of amides is 1. The highest BCUT2D eigenvalue weighted by Gasteiger charge is 2.14. The molecular weight excluding hydrogens is 254 g/mol. The molecule has 0 aliphatic carbocycles. The minimum atomic E-state index is -0.00208. The molecule has 1 atom stereocenters. The summed E-state index contributed by atoms with van der Waals surface area (Å²) in [6.45, 7) is 8.18. The van der Waals surface area contributed by atoms with Crippen LogP contribution in [0.2, 0.25) is 0 Å². The number of rotatable bonds is 3. The number of hydrogen-bond donors (Lipinski definition) is 1. The molecule has 0 aliphatic heterocycles. The van der Waals surface area contributed by atoms with Crippen LogP contribution in [0, 0.1) is 20.8 Å². The fourth-order valence-corrected chi connectivity index (χ4v) is 2.83. The van der Waals surface area contributed by atoms with Gasteiger partial charge >= 0.3 is 0 Å². The van der Waals surface area contributed by atoms with Crippen LogP contribution < -0.4 is 5.32 Å². The van der Waals surface area contributed by atoms with Crippen LogP contribution in [0.3, 0.4) is 0 Å². The number of aryl methyl sites for hydroxylation is 3. The van der Waals surface area contributed by atoms with E-state index >= 15 is 0 Å². The molecule has 0 saturated heterocycles. The summed E-state index contributed by atoms with van der Waals surface area (Å²) >= 11 is 1.60. The van der Waals surface area contributed by atoms with Crippen molar-refractivity contribution < 1.29 is 4.79 Å². The van der Waals surface area contributed by atoms with Crippen LogP contribution in [0.25, 0.3) is 0 Å². The molecule has 0 radical (unpaired) electrons. The van der Waals surface area contributed by atoms with Gasteiger partial charge in [0.15, 0.2) is 0 Å². The quantitative estimate of drug-likeness (QED) is 0.893. The average molecular weight is 273 g/mol. The van der Waals surface area contributed by atoms with E-state index in [1.54, 1.807) is 11.3 Å². The summed E-state index contributed by atoms with van der Waals surface area (Å²) in [6, 6.07) is 8.28. The van der Waals surface area contributed by atoms with Gasteiger partial charge in [-0.3, -0.25) is 4.79 Å². The summed E-state index contributed by atoms with van der Waals surface area (Å²) in [5.41, 5.74) is 4.35. The molecule has 0 fully saturated rings. The second-order valence-electron chi connectivity index (χ2n) is 5.00. The van der Waals surface area contributed by atoms with E-state index in [0.717, 1.165) is 10.4 Å². The zero-order chi connectivity index (χ0) is 14.0. The molecule has 3 heteroatoms.